The average Bonchev–Trinajstić information content (AvgIpc) is 3.32. The van der Waals surface area contributed by atoms with Gasteiger partial charge in [-0.1, -0.05) is 11.2 Å². The molecule has 1 unspecified atom stereocenters. The maximum atomic E-state index is 12.5. The molecule has 4 rings (SSSR count). The number of hydrogen-bond acceptors (Lipinski definition) is 5. The number of aryl methyl sites for hydroxylation is 1. The second-order valence-electron chi connectivity index (χ2n) is 6.20. The Morgan fingerprint density at radius 1 is 1.40 bits per heavy atom. The average molecular weight is 340 g/mol. The van der Waals surface area contributed by atoms with Gasteiger partial charge in [0.15, 0.2) is 5.82 Å². The predicted molar refractivity (Wildman–Crippen MR) is 90.0 cm³/mol. The number of carbonyl (C=O) groups excluding carboxylic acids is 1. The second-order valence-corrected chi connectivity index (χ2v) is 6.20. The first-order valence-electron chi connectivity index (χ1n) is 8.48. The number of pyridine rings is 1. The lowest BCUT2D eigenvalue weighted by Crippen LogP contribution is -2.40. The van der Waals surface area contributed by atoms with E-state index in [2.05, 4.69) is 20.4 Å². The lowest BCUT2D eigenvalue weighted by Gasteiger charge is -2.22. The van der Waals surface area contributed by atoms with E-state index in [1.807, 2.05) is 35.0 Å². The Morgan fingerprint density at radius 2 is 2.32 bits per heavy atom. The number of urea groups is 1. The van der Waals surface area contributed by atoms with Gasteiger partial charge in [0, 0.05) is 38.8 Å². The van der Waals surface area contributed by atoms with E-state index >= 15 is 0 Å². The van der Waals surface area contributed by atoms with Crippen LogP contribution in [0, 0.1) is 6.92 Å². The van der Waals surface area contributed by atoms with Gasteiger partial charge in [-0.3, -0.25) is 0 Å². The third-order valence-electron chi connectivity index (χ3n) is 4.43. The van der Waals surface area contributed by atoms with Crippen molar-refractivity contribution in [3.05, 3.63) is 48.0 Å². The summed E-state index contributed by atoms with van der Waals surface area (Å²) in [4.78, 5) is 23.1. The van der Waals surface area contributed by atoms with Crippen molar-refractivity contribution in [1.82, 2.24) is 29.7 Å². The Morgan fingerprint density at radius 3 is 3.12 bits per heavy atom. The summed E-state index contributed by atoms with van der Waals surface area (Å²) in [5.41, 5.74) is 1.87. The molecule has 1 aliphatic heterocycles. The number of imidazole rings is 1. The van der Waals surface area contributed by atoms with Gasteiger partial charge in [-0.2, -0.15) is 4.98 Å². The van der Waals surface area contributed by atoms with Crippen LogP contribution in [0.5, 0.6) is 0 Å². The SMILES string of the molecule is Cc1nc(C2CCCN2C(=O)NCCc2cn3ccccc3n2)no1. The van der Waals surface area contributed by atoms with Crippen molar-refractivity contribution in [2.45, 2.75) is 32.2 Å². The number of hydrogen-bond donors (Lipinski definition) is 1. The summed E-state index contributed by atoms with van der Waals surface area (Å²) in [7, 11) is 0. The smallest absolute Gasteiger partial charge is 0.318 e. The summed E-state index contributed by atoms with van der Waals surface area (Å²) >= 11 is 0. The molecule has 0 saturated carbocycles. The zero-order valence-corrected chi connectivity index (χ0v) is 14.1. The van der Waals surface area contributed by atoms with Crippen LogP contribution in [0.2, 0.25) is 0 Å². The van der Waals surface area contributed by atoms with Crippen molar-refractivity contribution < 1.29 is 9.32 Å². The molecule has 2 amide bonds. The largest absolute Gasteiger partial charge is 0.340 e. The Hall–Kier alpha value is -2.90. The van der Waals surface area contributed by atoms with E-state index in [0.717, 1.165) is 24.2 Å². The molecule has 8 nitrogen and oxygen atoms in total. The molecule has 1 aliphatic rings. The first-order valence-corrected chi connectivity index (χ1v) is 8.48. The molecule has 3 aromatic heterocycles. The number of likely N-dealkylation sites (tertiary alicyclic amines) is 1. The summed E-state index contributed by atoms with van der Waals surface area (Å²) in [6.45, 7) is 3.00. The first kappa shape index (κ1) is 15.6. The third-order valence-corrected chi connectivity index (χ3v) is 4.43. The summed E-state index contributed by atoms with van der Waals surface area (Å²) in [5.74, 6) is 1.11. The van der Waals surface area contributed by atoms with Crippen LogP contribution in [-0.2, 0) is 6.42 Å². The number of fused-ring (bicyclic) bond motifs is 1. The Kier molecular flexibility index (Phi) is 4.09. The molecule has 8 heteroatoms. The van der Waals surface area contributed by atoms with E-state index in [1.165, 1.54) is 0 Å². The minimum absolute atomic E-state index is 0.0892. The fourth-order valence-corrected chi connectivity index (χ4v) is 3.24. The molecule has 25 heavy (non-hydrogen) atoms. The molecule has 0 radical (unpaired) electrons. The number of rotatable bonds is 4. The number of amides is 2. The van der Waals surface area contributed by atoms with Crippen molar-refractivity contribution in [2.24, 2.45) is 0 Å². The van der Waals surface area contributed by atoms with E-state index in [4.69, 9.17) is 4.52 Å². The fraction of sp³-hybridized carbons (Fsp3) is 0.412. The van der Waals surface area contributed by atoms with Crippen molar-refractivity contribution in [2.75, 3.05) is 13.1 Å². The van der Waals surface area contributed by atoms with Crippen molar-refractivity contribution in [3.8, 4) is 0 Å². The van der Waals surface area contributed by atoms with Crippen molar-refractivity contribution in [3.63, 3.8) is 0 Å². The summed E-state index contributed by atoms with van der Waals surface area (Å²) < 4.78 is 7.02. The molecule has 0 aromatic carbocycles. The molecule has 1 atom stereocenters. The summed E-state index contributed by atoms with van der Waals surface area (Å²) in [6, 6.07) is 5.69. The maximum Gasteiger partial charge on any atom is 0.318 e. The van der Waals surface area contributed by atoms with E-state index in [9.17, 15) is 4.79 Å². The molecule has 0 aliphatic carbocycles. The van der Waals surface area contributed by atoms with Gasteiger partial charge in [0.1, 0.15) is 5.65 Å². The van der Waals surface area contributed by atoms with Crippen molar-refractivity contribution in [1.29, 1.82) is 0 Å². The van der Waals surface area contributed by atoms with Gasteiger partial charge in [0.25, 0.3) is 0 Å². The number of carbonyl (C=O) groups is 1. The van der Waals surface area contributed by atoms with Crippen LogP contribution in [0.4, 0.5) is 4.79 Å². The van der Waals surface area contributed by atoms with E-state index < -0.39 is 0 Å². The van der Waals surface area contributed by atoms with Crippen LogP contribution in [0.15, 0.2) is 35.1 Å². The third kappa shape index (κ3) is 3.19. The lowest BCUT2D eigenvalue weighted by atomic mass is 10.2. The topological polar surface area (TPSA) is 88.6 Å². The molecule has 4 heterocycles. The van der Waals surface area contributed by atoms with Gasteiger partial charge < -0.3 is 19.1 Å². The zero-order chi connectivity index (χ0) is 17.2. The minimum Gasteiger partial charge on any atom is -0.340 e. The second kappa shape index (κ2) is 6.54. The zero-order valence-electron chi connectivity index (χ0n) is 14.1. The van der Waals surface area contributed by atoms with Gasteiger partial charge in [-0.15, -0.1) is 0 Å². The number of aromatic nitrogens is 4. The fourth-order valence-electron chi connectivity index (χ4n) is 3.24. The highest BCUT2D eigenvalue weighted by Gasteiger charge is 2.33. The standard InChI is InChI=1S/C17H20N6O2/c1-12-19-16(21-25-12)14-5-4-10-23(14)17(24)18-8-7-13-11-22-9-3-2-6-15(22)20-13/h2-3,6,9,11,14H,4-5,7-8,10H2,1H3,(H,18,24). The molecule has 1 N–H and O–H groups in total. The Bertz CT molecular complexity index is 853. The highest BCUT2D eigenvalue weighted by molar-refractivity contribution is 5.75. The highest BCUT2D eigenvalue weighted by Crippen LogP contribution is 2.29. The van der Waals surface area contributed by atoms with Crippen LogP contribution in [0.25, 0.3) is 5.65 Å². The minimum atomic E-state index is -0.104. The molecule has 0 spiro atoms. The Balaban J connectivity index is 1.35. The van der Waals surface area contributed by atoms with Crippen LogP contribution in [-0.4, -0.2) is 43.5 Å². The first-order chi connectivity index (χ1) is 12.2. The quantitative estimate of drug-likeness (QED) is 0.786. The number of nitrogens with zero attached hydrogens (tertiary/aromatic N) is 5. The molecule has 1 fully saturated rings. The van der Waals surface area contributed by atoms with Gasteiger partial charge in [-0.25, -0.2) is 9.78 Å². The van der Waals surface area contributed by atoms with E-state index in [-0.39, 0.29) is 12.1 Å². The number of nitrogens with one attached hydrogen (secondary N) is 1. The van der Waals surface area contributed by atoms with Crippen LogP contribution >= 0.6 is 0 Å². The van der Waals surface area contributed by atoms with Gasteiger partial charge in [0.2, 0.25) is 5.89 Å². The summed E-state index contributed by atoms with van der Waals surface area (Å²) in [5, 5.41) is 6.94. The molecular weight excluding hydrogens is 320 g/mol. The van der Waals surface area contributed by atoms with Crippen LogP contribution in [0.1, 0.15) is 36.3 Å². The maximum absolute atomic E-state index is 12.5. The van der Waals surface area contributed by atoms with Gasteiger partial charge in [-0.05, 0) is 25.0 Å². The lowest BCUT2D eigenvalue weighted by molar-refractivity contribution is 0.190. The van der Waals surface area contributed by atoms with Gasteiger partial charge in [0.05, 0.1) is 11.7 Å². The molecule has 1 saturated heterocycles. The van der Waals surface area contributed by atoms with Crippen molar-refractivity contribution >= 4 is 11.7 Å². The molecular formula is C17H20N6O2. The monoisotopic (exact) mass is 340 g/mol. The summed E-state index contributed by atoms with van der Waals surface area (Å²) in [6.07, 6.45) is 6.44. The normalized spacial score (nSPS) is 17.3. The van der Waals surface area contributed by atoms with E-state index in [0.29, 0.717) is 31.2 Å². The molecule has 3 aromatic rings. The molecule has 130 valence electrons. The van der Waals surface area contributed by atoms with Gasteiger partial charge >= 0.3 is 6.03 Å². The van der Waals surface area contributed by atoms with E-state index in [1.54, 1.807) is 11.8 Å². The van der Waals surface area contributed by atoms with Crippen LogP contribution in [0.3, 0.4) is 0 Å². The molecule has 0 bridgehead atoms. The predicted octanol–water partition coefficient (Wildman–Crippen LogP) is 2.11. The van der Waals surface area contributed by atoms with Crippen LogP contribution < -0.4 is 5.32 Å². The Labute approximate surface area is 144 Å². The highest BCUT2D eigenvalue weighted by atomic mass is 16.5.